The van der Waals surface area contributed by atoms with Crippen molar-refractivity contribution >= 4 is 0 Å². The van der Waals surface area contributed by atoms with Crippen molar-refractivity contribution in [2.45, 2.75) is 112 Å². The third-order valence-corrected chi connectivity index (χ3v) is 17.4. The van der Waals surface area contributed by atoms with Crippen LogP contribution in [-0.4, -0.2) is 0 Å². The van der Waals surface area contributed by atoms with Gasteiger partial charge in [-0.2, -0.15) is 0 Å². The molecule has 182 valence electrons. The first-order valence-corrected chi connectivity index (χ1v) is 16.0. The summed E-state index contributed by atoms with van der Waals surface area (Å²) in [5, 5.41) is 0. The zero-order chi connectivity index (χ0) is 22.3. The van der Waals surface area contributed by atoms with E-state index in [1.54, 1.807) is 51.4 Å². The van der Waals surface area contributed by atoms with Crippen molar-refractivity contribution in [3.05, 3.63) is 0 Å². The normalized spacial score (nSPS) is 72.8. The molecule has 7 bridgehead atoms. The Morgan fingerprint density at radius 1 is 0.667 bits per heavy atom. The maximum absolute atomic E-state index is 2.84. The summed E-state index contributed by atoms with van der Waals surface area (Å²) in [4.78, 5) is 0. The molecule has 0 saturated heterocycles. The molecular weight excluding hydrogens is 396 g/mol. The second kappa shape index (κ2) is 5.47. The summed E-state index contributed by atoms with van der Waals surface area (Å²) < 4.78 is 0. The first-order valence-electron chi connectivity index (χ1n) is 16.0. The van der Waals surface area contributed by atoms with Gasteiger partial charge in [0.05, 0.1) is 0 Å². The Hall–Kier alpha value is 0. The van der Waals surface area contributed by atoms with E-state index in [2.05, 4.69) is 34.6 Å². The second-order valence-corrected chi connectivity index (χ2v) is 16.0. The number of rotatable bonds is 4. The van der Waals surface area contributed by atoms with Crippen LogP contribution < -0.4 is 0 Å². The lowest BCUT2D eigenvalue weighted by atomic mass is 9.05. The van der Waals surface area contributed by atoms with Gasteiger partial charge in [-0.15, -0.1) is 0 Å². The molecule has 0 aromatic heterocycles. The van der Waals surface area contributed by atoms with Gasteiger partial charge in [-0.05, 0) is 144 Å². The monoisotopic (exact) mass is 446 g/mol. The molecular formula is C33H50. The van der Waals surface area contributed by atoms with Crippen molar-refractivity contribution in [3.8, 4) is 0 Å². The van der Waals surface area contributed by atoms with Gasteiger partial charge in [0.1, 0.15) is 0 Å². The molecule has 0 amide bonds. The molecule has 0 aromatic rings. The average Bonchev–Trinajstić information content (AvgIpc) is 2.86. The van der Waals surface area contributed by atoms with Crippen LogP contribution >= 0.6 is 0 Å². The Kier molecular flexibility index (Phi) is 3.33. The zero-order valence-electron chi connectivity index (χ0n) is 22.3. The van der Waals surface area contributed by atoms with Crippen LogP contribution in [0.3, 0.4) is 0 Å². The summed E-state index contributed by atoms with van der Waals surface area (Å²) in [5.41, 5.74) is 4.07. The quantitative estimate of drug-likeness (QED) is 0.405. The van der Waals surface area contributed by atoms with Gasteiger partial charge >= 0.3 is 0 Å². The van der Waals surface area contributed by atoms with Gasteiger partial charge in [0.25, 0.3) is 0 Å². The molecule has 0 aromatic carbocycles. The van der Waals surface area contributed by atoms with E-state index in [0.717, 1.165) is 68.5 Å². The van der Waals surface area contributed by atoms with E-state index >= 15 is 0 Å². The zero-order valence-corrected chi connectivity index (χ0v) is 22.3. The average molecular weight is 447 g/mol. The minimum atomic E-state index is 0.751. The third-order valence-electron chi connectivity index (χ3n) is 17.4. The lowest BCUT2D eigenvalue weighted by molar-refractivity contribution is -0.520. The molecule has 0 N–H and O–H groups in total. The molecule has 0 heterocycles. The minimum absolute atomic E-state index is 0.751. The maximum atomic E-state index is 2.84. The molecule has 12 aliphatic rings. The molecule has 0 heteroatoms. The topological polar surface area (TPSA) is 0 Å². The fraction of sp³-hybridized carbons (Fsp3) is 1.00. The summed E-state index contributed by atoms with van der Waals surface area (Å²) in [6.07, 6.45) is 19.4. The van der Waals surface area contributed by atoms with E-state index in [0.29, 0.717) is 0 Å². The Bertz CT molecular complexity index is 934. The van der Waals surface area contributed by atoms with E-state index < -0.39 is 0 Å². The van der Waals surface area contributed by atoms with E-state index in [9.17, 15) is 0 Å². The molecule has 12 rings (SSSR count). The molecule has 16 atom stereocenters. The Balaban J connectivity index is 1.37. The van der Waals surface area contributed by atoms with E-state index in [4.69, 9.17) is 0 Å². The predicted octanol–water partition coefficient (Wildman–Crippen LogP) is 8.60. The van der Waals surface area contributed by atoms with Crippen LogP contribution in [0.5, 0.6) is 0 Å². The summed E-state index contributed by atoms with van der Waals surface area (Å²) in [7, 11) is 0. The van der Waals surface area contributed by atoms with Crippen molar-refractivity contribution in [3.63, 3.8) is 0 Å². The van der Waals surface area contributed by atoms with Gasteiger partial charge in [0, 0.05) is 0 Å². The highest BCUT2D eigenvalue weighted by Gasteiger charge is 3.03. The van der Waals surface area contributed by atoms with Gasteiger partial charge < -0.3 is 0 Å². The Labute approximate surface area is 203 Å². The van der Waals surface area contributed by atoms with Gasteiger partial charge in [-0.3, -0.25) is 0 Å². The number of hydrogen-bond acceptors (Lipinski definition) is 0. The van der Waals surface area contributed by atoms with Crippen molar-refractivity contribution in [1.29, 1.82) is 0 Å². The van der Waals surface area contributed by atoms with Gasteiger partial charge in [-0.25, -0.2) is 0 Å². The molecule has 12 saturated carbocycles. The second-order valence-electron chi connectivity index (χ2n) is 16.0. The van der Waals surface area contributed by atoms with Crippen molar-refractivity contribution in [2.24, 2.45) is 92.2 Å². The van der Waals surface area contributed by atoms with Crippen LogP contribution in [0.25, 0.3) is 0 Å². The largest absolute Gasteiger partial charge is 0.0651 e. The van der Waals surface area contributed by atoms with Crippen LogP contribution in [0.4, 0.5) is 0 Å². The van der Waals surface area contributed by atoms with E-state index in [-0.39, 0.29) is 0 Å². The molecule has 16 unspecified atom stereocenters. The molecule has 0 aliphatic heterocycles. The minimum Gasteiger partial charge on any atom is -0.0651 e. The Morgan fingerprint density at radius 3 is 2.09 bits per heavy atom. The molecule has 12 aliphatic carbocycles. The lowest BCUT2D eigenvalue weighted by Crippen LogP contribution is -2.94. The van der Waals surface area contributed by atoms with E-state index in [1.165, 1.54) is 49.4 Å². The SMILES string of the molecule is CCC1CC(CC)C2C3C45CC(CC)C(C)C67CC(C4)C5(C6)C45C(CC24)CC5C37CC1CC. The highest BCUT2D eigenvalue weighted by atomic mass is 15.1. The fourth-order valence-corrected chi connectivity index (χ4v) is 17.4. The number of hydrogen-bond donors (Lipinski definition) is 0. The predicted molar refractivity (Wildman–Crippen MR) is 134 cm³/mol. The third kappa shape index (κ3) is 1.45. The summed E-state index contributed by atoms with van der Waals surface area (Å²) >= 11 is 0. The smallest absolute Gasteiger partial charge is 0.0139 e. The summed E-state index contributed by atoms with van der Waals surface area (Å²) in [6.45, 7) is 13.2. The molecule has 33 heavy (non-hydrogen) atoms. The van der Waals surface area contributed by atoms with Crippen LogP contribution in [0.1, 0.15) is 112 Å². The van der Waals surface area contributed by atoms with E-state index in [1.807, 2.05) is 0 Å². The first-order chi connectivity index (χ1) is 16.0. The van der Waals surface area contributed by atoms with Crippen LogP contribution in [0, 0.1) is 92.2 Å². The maximum Gasteiger partial charge on any atom is -0.0139 e. The first kappa shape index (κ1) is 20.1. The van der Waals surface area contributed by atoms with Crippen LogP contribution in [0.15, 0.2) is 0 Å². The standard InChI is InChI=1S/C33H50/c1-6-19-10-20(7-2)27-25-11-23-12-26-31(14-22(19)9-4)28(27)29-13-21(8-3)18(5)30(31)16-24(15-29)32(29,17-30)33(23,25)26/h18-28H,6-17H2,1-5H3. The van der Waals surface area contributed by atoms with Gasteiger partial charge in [0.2, 0.25) is 0 Å². The van der Waals surface area contributed by atoms with Crippen molar-refractivity contribution < 1.29 is 0 Å². The van der Waals surface area contributed by atoms with Gasteiger partial charge in [0.15, 0.2) is 0 Å². The molecule has 0 nitrogen and oxygen atoms in total. The summed E-state index contributed by atoms with van der Waals surface area (Å²) in [6, 6.07) is 0. The lowest BCUT2D eigenvalue weighted by Gasteiger charge is -2.99. The van der Waals surface area contributed by atoms with Crippen LogP contribution in [0.2, 0.25) is 0 Å². The van der Waals surface area contributed by atoms with Crippen LogP contribution in [-0.2, 0) is 0 Å². The highest BCUT2D eigenvalue weighted by Crippen LogP contribution is 3.08. The molecule has 0 radical (unpaired) electrons. The number of fused-ring (bicyclic) bond motifs is 2. The Morgan fingerprint density at radius 2 is 1.39 bits per heavy atom. The molecule has 5 spiro atoms. The highest BCUT2D eigenvalue weighted by molar-refractivity contribution is 5.50. The van der Waals surface area contributed by atoms with Crippen molar-refractivity contribution in [1.82, 2.24) is 0 Å². The molecule has 12 fully saturated rings. The summed E-state index contributed by atoms with van der Waals surface area (Å²) in [5.74, 6) is 12.2. The van der Waals surface area contributed by atoms with Crippen molar-refractivity contribution in [2.75, 3.05) is 0 Å². The van der Waals surface area contributed by atoms with Gasteiger partial charge in [-0.1, -0.05) is 60.3 Å². The fourth-order valence-electron chi connectivity index (χ4n) is 17.4.